The van der Waals surface area contributed by atoms with Crippen molar-refractivity contribution in [3.8, 4) is 11.5 Å². The molecule has 0 unspecified atom stereocenters. The average Bonchev–Trinajstić information content (AvgIpc) is 2.67. The lowest BCUT2D eigenvalue weighted by Gasteiger charge is -2.14. The van der Waals surface area contributed by atoms with Gasteiger partial charge in [0, 0.05) is 16.3 Å². The highest BCUT2D eigenvalue weighted by molar-refractivity contribution is 6.05. The summed E-state index contributed by atoms with van der Waals surface area (Å²) >= 11 is 0. The minimum absolute atomic E-state index is 0.509. The summed E-state index contributed by atoms with van der Waals surface area (Å²) in [5.41, 5.74) is 3.36. The molecule has 0 heterocycles. The number of nitrogens with zero attached hydrogens (tertiary/aromatic N) is 1. The first kappa shape index (κ1) is 17.8. The Hall–Kier alpha value is -3.01. The minimum Gasteiger partial charge on any atom is -0.496 e. The van der Waals surface area contributed by atoms with Crippen molar-refractivity contribution in [2.45, 2.75) is 26.4 Å². The van der Waals surface area contributed by atoms with Gasteiger partial charge in [0.15, 0.2) is 0 Å². The molecule has 0 aromatic heterocycles. The third-order valence-corrected chi connectivity index (χ3v) is 4.47. The summed E-state index contributed by atoms with van der Waals surface area (Å²) in [5, 5.41) is 5.57. The van der Waals surface area contributed by atoms with E-state index in [-0.39, 0.29) is 0 Å². The molecule has 0 atom stereocenters. The molecule has 2 N–H and O–H groups in total. The van der Waals surface area contributed by atoms with Crippen LogP contribution in [0, 0.1) is 0 Å². The monoisotopic (exact) mass is 348 g/mol. The van der Waals surface area contributed by atoms with Crippen LogP contribution in [0.15, 0.2) is 59.7 Å². The zero-order chi connectivity index (χ0) is 18.5. The molecule has 4 heteroatoms. The lowest BCUT2D eigenvalue weighted by atomic mass is 10.0. The number of hydrogen-bond acceptors (Lipinski definition) is 4. The van der Waals surface area contributed by atoms with Crippen molar-refractivity contribution in [3.63, 3.8) is 0 Å². The SMILES string of the molecule is COc1cccc2c(OCc3ccc(C(C)C)cc3)ccc(C=NN)c12. The van der Waals surface area contributed by atoms with E-state index in [4.69, 9.17) is 15.3 Å². The smallest absolute Gasteiger partial charge is 0.127 e. The third kappa shape index (κ3) is 3.64. The first-order chi connectivity index (χ1) is 12.6. The average molecular weight is 348 g/mol. The van der Waals surface area contributed by atoms with Crippen LogP contribution < -0.4 is 15.3 Å². The fraction of sp³-hybridized carbons (Fsp3) is 0.227. The van der Waals surface area contributed by atoms with Crippen molar-refractivity contribution in [3.05, 3.63) is 71.3 Å². The highest BCUT2D eigenvalue weighted by atomic mass is 16.5. The Morgan fingerprint density at radius 3 is 2.42 bits per heavy atom. The minimum atomic E-state index is 0.509. The lowest BCUT2D eigenvalue weighted by Crippen LogP contribution is -1.99. The highest BCUT2D eigenvalue weighted by Crippen LogP contribution is 2.35. The molecule has 134 valence electrons. The van der Waals surface area contributed by atoms with E-state index in [1.165, 1.54) is 5.56 Å². The molecule has 0 saturated carbocycles. The number of ether oxygens (including phenoxy) is 2. The second-order valence-corrected chi connectivity index (χ2v) is 6.50. The van der Waals surface area contributed by atoms with Crippen molar-refractivity contribution in [2.75, 3.05) is 7.11 Å². The van der Waals surface area contributed by atoms with Crippen LogP contribution in [0.25, 0.3) is 10.8 Å². The second-order valence-electron chi connectivity index (χ2n) is 6.50. The van der Waals surface area contributed by atoms with E-state index in [0.717, 1.165) is 33.4 Å². The Balaban J connectivity index is 1.92. The van der Waals surface area contributed by atoms with Crippen LogP contribution in [-0.4, -0.2) is 13.3 Å². The first-order valence-electron chi connectivity index (χ1n) is 8.68. The molecule has 0 fully saturated rings. The summed E-state index contributed by atoms with van der Waals surface area (Å²) in [5.74, 6) is 7.45. The zero-order valence-electron chi connectivity index (χ0n) is 15.4. The Morgan fingerprint density at radius 1 is 1.00 bits per heavy atom. The summed E-state index contributed by atoms with van der Waals surface area (Å²) in [6.07, 6.45) is 1.62. The van der Waals surface area contributed by atoms with E-state index in [9.17, 15) is 0 Å². The molecule has 0 aliphatic heterocycles. The van der Waals surface area contributed by atoms with Crippen LogP contribution in [0.4, 0.5) is 0 Å². The number of fused-ring (bicyclic) bond motifs is 1. The van der Waals surface area contributed by atoms with Crippen LogP contribution in [0.3, 0.4) is 0 Å². The largest absolute Gasteiger partial charge is 0.496 e. The van der Waals surface area contributed by atoms with Gasteiger partial charge in [-0.1, -0.05) is 50.2 Å². The van der Waals surface area contributed by atoms with Gasteiger partial charge in [0.1, 0.15) is 18.1 Å². The number of methoxy groups -OCH3 is 1. The Kier molecular flexibility index (Phi) is 5.42. The summed E-state index contributed by atoms with van der Waals surface area (Å²) in [4.78, 5) is 0. The van der Waals surface area contributed by atoms with E-state index in [0.29, 0.717) is 12.5 Å². The Bertz CT molecular complexity index is 915. The molecule has 4 nitrogen and oxygen atoms in total. The van der Waals surface area contributed by atoms with E-state index in [1.54, 1.807) is 13.3 Å². The summed E-state index contributed by atoms with van der Waals surface area (Å²) in [6, 6.07) is 18.3. The normalized spacial score (nSPS) is 11.4. The van der Waals surface area contributed by atoms with Crippen LogP contribution in [0.1, 0.15) is 36.5 Å². The second kappa shape index (κ2) is 7.91. The number of hydrogen-bond donors (Lipinski definition) is 1. The van der Waals surface area contributed by atoms with Crippen molar-refractivity contribution in [2.24, 2.45) is 10.9 Å². The Labute approximate surface area is 154 Å². The predicted octanol–water partition coefficient (Wildman–Crippen LogP) is 4.84. The van der Waals surface area contributed by atoms with E-state index < -0.39 is 0 Å². The van der Waals surface area contributed by atoms with Gasteiger partial charge in [0.2, 0.25) is 0 Å². The predicted molar refractivity (Wildman–Crippen MR) is 107 cm³/mol. The van der Waals surface area contributed by atoms with Gasteiger partial charge in [-0.05, 0) is 35.2 Å². The third-order valence-electron chi connectivity index (χ3n) is 4.47. The van der Waals surface area contributed by atoms with Gasteiger partial charge in [-0.25, -0.2) is 0 Å². The molecule has 0 aliphatic carbocycles. The summed E-state index contributed by atoms with van der Waals surface area (Å²) in [6.45, 7) is 4.89. The molecule has 3 aromatic rings. The zero-order valence-corrected chi connectivity index (χ0v) is 15.4. The molecule has 0 bridgehead atoms. The van der Waals surface area contributed by atoms with E-state index >= 15 is 0 Å². The highest BCUT2D eigenvalue weighted by Gasteiger charge is 2.11. The topological polar surface area (TPSA) is 56.8 Å². The molecule has 3 rings (SSSR count). The molecular weight excluding hydrogens is 324 g/mol. The maximum atomic E-state index is 6.11. The standard InChI is InChI=1S/C22H24N2O2/c1-15(2)17-9-7-16(8-10-17)14-26-20-12-11-18(13-24-23)22-19(20)5-4-6-21(22)25-3/h4-13,15H,14,23H2,1-3H3. The number of rotatable bonds is 6. The molecular formula is C22H24N2O2. The van der Waals surface area contributed by atoms with Crippen LogP contribution in [0.5, 0.6) is 11.5 Å². The molecule has 0 spiro atoms. The van der Waals surface area contributed by atoms with Gasteiger partial charge in [0.25, 0.3) is 0 Å². The van der Waals surface area contributed by atoms with Crippen molar-refractivity contribution in [1.82, 2.24) is 0 Å². The summed E-state index contributed by atoms with van der Waals surface area (Å²) in [7, 11) is 1.65. The fourth-order valence-electron chi connectivity index (χ4n) is 3.02. The maximum absolute atomic E-state index is 6.11. The van der Waals surface area contributed by atoms with E-state index in [2.05, 4.69) is 43.2 Å². The molecule has 3 aromatic carbocycles. The van der Waals surface area contributed by atoms with Gasteiger partial charge >= 0.3 is 0 Å². The van der Waals surface area contributed by atoms with Crippen LogP contribution >= 0.6 is 0 Å². The van der Waals surface area contributed by atoms with Crippen molar-refractivity contribution in [1.29, 1.82) is 0 Å². The van der Waals surface area contributed by atoms with Gasteiger partial charge in [0.05, 0.1) is 13.3 Å². The van der Waals surface area contributed by atoms with Gasteiger partial charge < -0.3 is 15.3 Å². The summed E-state index contributed by atoms with van der Waals surface area (Å²) < 4.78 is 11.6. The lowest BCUT2D eigenvalue weighted by molar-refractivity contribution is 0.310. The number of hydrazone groups is 1. The maximum Gasteiger partial charge on any atom is 0.127 e. The molecule has 0 amide bonds. The number of benzene rings is 3. The molecule has 0 radical (unpaired) electrons. The van der Waals surface area contributed by atoms with E-state index in [1.807, 2.05) is 30.3 Å². The van der Waals surface area contributed by atoms with Gasteiger partial charge in [-0.2, -0.15) is 5.10 Å². The van der Waals surface area contributed by atoms with Crippen LogP contribution in [0.2, 0.25) is 0 Å². The number of nitrogens with two attached hydrogens (primary N) is 1. The van der Waals surface area contributed by atoms with Crippen molar-refractivity contribution < 1.29 is 9.47 Å². The quantitative estimate of drug-likeness (QED) is 0.394. The molecule has 26 heavy (non-hydrogen) atoms. The first-order valence-corrected chi connectivity index (χ1v) is 8.68. The van der Waals surface area contributed by atoms with Crippen LogP contribution in [-0.2, 0) is 6.61 Å². The molecule has 0 saturated heterocycles. The molecule has 0 aliphatic rings. The van der Waals surface area contributed by atoms with Crippen molar-refractivity contribution >= 4 is 17.0 Å². The Morgan fingerprint density at radius 2 is 1.77 bits per heavy atom. The fourth-order valence-corrected chi connectivity index (χ4v) is 3.02. The van der Waals surface area contributed by atoms with Gasteiger partial charge in [-0.15, -0.1) is 0 Å². The van der Waals surface area contributed by atoms with Gasteiger partial charge in [-0.3, -0.25) is 0 Å².